The fraction of sp³-hybridized carbons (Fsp3) is 0.844. The maximum absolute atomic E-state index is 2.64. The second-order valence-corrected chi connectivity index (χ2v) is 21.4. The smallest absolute Gasteiger partial charge is 0 e. The molecule has 0 heterocycles. The fourth-order valence-corrected chi connectivity index (χ4v) is 10.9. The van der Waals surface area contributed by atoms with Crippen molar-refractivity contribution >= 4 is 40.3 Å². The molecule has 2 rings (SSSR count). The minimum atomic E-state index is 0. The van der Waals surface area contributed by atoms with Gasteiger partial charge in [0.15, 0.2) is 0 Å². The molecule has 1 radical (unpaired) electrons. The van der Waals surface area contributed by atoms with Gasteiger partial charge in [0, 0.05) is 29.6 Å². The van der Waals surface area contributed by atoms with E-state index in [1.165, 1.54) is 333 Å². The van der Waals surface area contributed by atoms with E-state index in [1.807, 2.05) is 0 Å². The minimum Gasteiger partial charge on any atom is -0.0654 e. The SMILES string of the molecule is CCCCCCCCCCCCCCCCCCc1cc2ccccc2c(CCCCCCCCCCCCCCCCCC)c1CCCCCCCCCCCCCCCCCC.[Na]. The molecular weight excluding hydrogens is 792 g/mol. The van der Waals surface area contributed by atoms with Gasteiger partial charge in [-0.1, -0.05) is 340 Å². The van der Waals surface area contributed by atoms with Gasteiger partial charge in [0.25, 0.3) is 0 Å². The van der Waals surface area contributed by atoms with Gasteiger partial charge >= 0.3 is 0 Å². The van der Waals surface area contributed by atoms with Crippen molar-refractivity contribution in [2.24, 2.45) is 0 Å². The first kappa shape index (κ1) is 62.7. The van der Waals surface area contributed by atoms with Crippen molar-refractivity contribution in [2.45, 2.75) is 348 Å². The standard InChI is InChI=1S/C64H116.Na/c1-4-7-10-13-16-19-22-25-28-31-34-37-40-43-46-49-54-60-59-61-55-52-53-57-63(61)64(58-51-48-45-42-39-36-33-30-27-24-21-18-15-12-9-6-3)62(60)56-50-47-44-41-38-35-32-29-26-23-20-17-14-11-8-5-2;/h52-53,55,57,59H,4-51,54,56,58H2,1-3H3;. The molecule has 0 aromatic heterocycles. The molecule has 0 N–H and O–H groups in total. The molecule has 373 valence electrons. The molecule has 0 bridgehead atoms. The van der Waals surface area contributed by atoms with Crippen LogP contribution in [-0.4, -0.2) is 29.6 Å². The molecule has 0 unspecified atom stereocenters. The minimum absolute atomic E-state index is 0. The van der Waals surface area contributed by atoms with Gasteiger partial charge in [-0.2, -0.15) is 0 Å². The Balaban J connectivity index is 0.0000211. The topological polar surface area (TPSA) is 0 Å². The molecule has 1 heteroatoms. The number of unbranched alkanes of at least 4 members (excludes halogenated alkanes) is 45. The quantitative estimate of drug-likeness (QED) is 0.0458. The van der Waals surface area contributed by atoms with Crippen molar-refractivity contribution in [3.05, 3.63) is 47.0 Å². The second kappa shape index (κ2) is 50.1. The molecule has 65 heavy (non-hydrogen) atoms. The van der Waals surface area contributed by atoms with E-state index in [0.29, 0.717) is 0 Å². The Hall–Kier alpha value is -0.300. The Morgan fingerprint density at radius 1 is 0.246 bits per heavy atom. The number of rotatable bonds is 51. The van der Waals surface area contributed by atoms with Gasteiger partial charge in [-0.15, -0.1) is 0 Å². The van der Waals surface area contributed by atoms with Crippen LogP contribution in [0, 0.1) is 0 Å². The van der Waals surface area contributed by atoms with Gasteiger partial charge < -0.3 is 0 Å². The van der Waals surface area contributed by atoms with Gasteiger partial charge in [0.2, 0.25) is 0 Å². The Morgan fingerprint density at radius 3 is 0.769 bits per heavy atom. The van der Waals surface area contributed by atoms with Crippen molar-refractivity contribution < 1.29 is 0 Å². The van der Waals surface area contributed by atoms with Crippen molar-refractivity contribution in [1.29, 1.82) is 0 Å². The molecule has 0 saturated carbocycles. The Labute approximate surface area is 432 Å². The third-order valence-electron chi connectivity index (χ3n) is 15.2. The van der Waals surface area contributed by atoms with Crippen molar-refractivity contribution in [1.82, 2.24) is 0 Å². The van der Waals surface area contributed by atoms with E-state index in [2.05, 4.69) is 51.1 Å². The Morgan fingerprint density at radius 2 is 0.477 bits per heavy atom. The molecule has 2 aromatic rings. The average molecular weight is 909 g/mol. The first-order valence-electron chi connectivity index (χ1n) is 30.3. The summed E-state index contributed by atoms with van der Waals surface area (Å²) in [5, 5.41) is 3.09. The fourth-order valence-electron chi connectivity index (χ4n) is 10.9. The van der Waals surface area contributed by atoms with E-state index in [0.717, 1.165) is 0 Å². The Kier molecular flexibility index (Phi) is 48.3. The van der Waals surface area contributed by atoms with Gasteiger partial charge in [0.05, 0.1) is 0 Å². The van der Waals surface area contributed by atoms with Gasteiger partial charge in [-0.3, -0.25) is 0 Å². The first-order valence-corrected chi connectivity index (χ1v) is 30.3. The molecule has 0 amide bonds. The number of hydrogen-bond donors (Lipinski definition) is 0. The van der Waals surface area contributed by atoms with Gasteiger partial charge in [0.1, 0.15) is 0 Å². The monoisotopic (exact) mass is 908 g/mol. The molecule has 0 saturated heterocycles. The van der Waals surface area contributed by atoms with Gasteiger partial charge in [-0.05, 0) is 66.0 Å². The molecule has 0 atom stereocenters. The summed E-state index contributed by atoms with van der Waals surface area (Å²) in [5.41, 5.74) is 5.25. The molecule has 0 nitrogen and oxygen atoms in total. The van der Waals surface area contributed by atoms with Crippen LogP contribution in [0.25, 0.3) is 10.8 Å². The summed E-state index contributed by atoms with van der Waals surface area (Å²) in [6.07, 6.45) is 73.4. The maximum atomic E-state index is 2.64. The predicted molar refractivity (Wildman–Crippen MR) is 299 cm³/mol. The van der Waals surface area contributed by atoms with Crippen LogP contribution in [0.15, 0.2) is 30.3 Å². The van der Waals surface area contributed by atoms with E-state index >= 15 is 0 Å². The Bertz CT molecular complexity index is 1230. The molecular formula is C64H116Na. The molecule has 0 aliphatic heterocycles. The normalized spacial score (nSPS) is 11.6. The van der Waals surface area contributed by atoms with Crippen LogP contribution in [0.5, 0.6) is 0 Å². The van der Waals surface area contributed by atoms with Crippen LogP contribution < -0.4 is 0 Å². The van der Waals surface area contributed by atoms with Crippen LogP contribution in [0.2, 0.25) is 0 Å². The van der Waals surface area contributed by atoms with Crippen LogP contribution >= 0.6 is 0 Å². The van der Waals surface area contributed by atoms with E-state index in [4.69, 9.17) is 0 Å². The molecule has 2 aromatic carbocycles. The third-order valence-corrected chi connectivity index (χ3v) is 15.2. The van der Waals surface area contributed by atoms with Crippen molar-refractivity contribution in [3.8, 4) is 0 Å². The van der Waals surface area contributed by atoms with Crippen LogP contribution in [0.4, 0.5) is 0 Å². The molecule has 0 spiro atoms. The molecule has 0 aliphatic carbocycles. The van der Waals surface area contributed by atoms with E-state index in [1.54, 1.807) is 22.1 Å². The average Bonchev–Trinajstić information content (AvgIpc) is 3.31. The van der Waals surface area contributed by atoms with Crippen molar-refractivity contribution in [2.75, 3.05) is 0 Å². The van der Waals surface area contributed by atoms with Crippen LogP contribution in [0.3, 0.4) is 0 Å². The zero-order valence-corrected chi connectivity index (χ0v) is 47.4. The van der Waals surface area contributed by atoms with E-state index < -0.39 is 0 Å². The first-order chi connectivity index (χ1) is 31.8. The summed E-state index contributed by atoms with van der Waals surface area (Å²) in [7, 11) is 0. The van der Waals surface area contributed by atoms with Crippen LogP contribution in [-0.2, 0) is 19.3 Å². The predicted octanol–water partition coefficient (Wildman–Crippen LogP) is 22.9. The number of benzene rings is 2. The second-order valence-electron chi connectivity index (χ2n) is 21.4. The maximum Gasteiger partial charge on any atom is 0 e. The summed E-state index contributed by atoms with van der Waals surface area (Å²) in [6, 6.07) is 12.1. The zero-order chi connectivity index (χ0) is 45.5. The number of fused-ring (bicyclic) bond motifs is 1. The van der Waals surface area contributed by atoms with Gasteiger partial charge in [-0.25, -0.2) is 0 Å². The van der Waals surface area contributed by atoms with E-state index in [9.17, 15) is 0 Å². The molecule has 0 aliphatic rings. The van der Waals surface area contributed by atoms with E-state index in [-0.39, 0.29) is 29.6 Å². The van der Waals surface area contributed by atoms with Crippen LogP contribution in [0.1, 0.15) is 346 Å². The number of aryl methyl sites for hydroxylation is 2. The molecule has 0 fully saturated rings. The summed E-state index contributed by atoms with van der Waals surface area (Å²) in [5.74, 6) is 0. The zero-order valence-electron chi connectivity index (χ0n) is 45.4. The summed E-state index contributed by atoms with van der Waals surface area (Å²) in [4.78, 5) is 0. The number of hydrogen-bond acceptors (Lipinski definition) is 0. The third kappa shape index (κ3) is 37.2. The summed E-state index contributed by atoms with van der Waals surface area (Å²) < 4.78 is 0. The largest absolute Gasteiger partial charge is 0.0654 e. The summed E-state index contributed by atoms with van der Waals surface area (Å²) in [6.45, 7) is 6.96. The van der Waals surface area contributed by atoms with Crippen molar-refractivity contribution in [3.63, 3.8) is 0 Å². The summed E-state index contributed by atoms with van der Waals surface area (Å²) >= 11 is 0.